The van der Waals surface area contributed by atoms with Crippen LogP contribution in [0.15, 0.2) is 24.8 Å². The smallest absolute Gasteiger partial charge is 0.335 e. The first-order valence-electron chi connectivity index (χ1n) is 3.82. The quantitative estimate of drug-likeness (QED) is 0.751. The van der Waals surface area contributed by atoms with Crippen LogP contribution in [0, 0.1) is 5.82 Å². The van der Waals surface area contributed by atoms with Crippen molar-refractivity contribution in [2.24, 2.45) is 0 Å². The van der Waals surface area contributed by atoms with Gasteiger partial charge in [-0.1, -0.05) is 6.58 Å². The lowest BCUT2D eigenvalue weighted by Gasteiger charge is -2.07. The van der Waals surface area contributed by atoms with Crippen LogP contribution in [0.1, 0.15) is 5.56 Å². The fraction of sp³-hybridized carbons (Fsp3) is 0.100. The molecular weight excluding hydrogens is 187 g/mol. The standard InChI is InChI=1S/C10H9FO3/c1-6(10(12)13)8-4-3-7(11)5-9(8)14-2/h3-5H,1H2,2H3,(H,12,13). The van der Waals surface area contributed by atoms with Crippen LogP contribution in [0.5, 0.6) is 5.75 Å². The van der Waals surface area contributed by atoms with Gasteiger partial charge < -0.3 is 9.84 Å². The van der Waals surface area contributed by atoms with Gasteiger partial charge in [-0.15, -0.1) is 0 Å². The number of halogens is 1. The summed E-state index contributed by atoms with van der Waals surface area (Å²) in [6, 6.07) is 3.60. The number of ether oxygens (including phenoxy) is 1. The highest BCUT2D eigenvalue weighted by atomic mass is 19.1. The molecule has 0 bridgehead atoms. The Hall–Kier alpha value is -1.84. The average molecular weight is 196 g/mol. The van der Waals surface area contributed by atoms with E-state index < -0.39 is 11.8 Å². The van der Waals surface area contributed by atoms with Gasteiger partial charge >= 0.3 is 5.97 Å². The fourth-order valence-corrected chi connectivity index (χ4v) is 1.03. The molecule has 0 radical (unpaired) electrons. The molecule has 0 aliphatic rings. The summed E-state index contributed by atoms with van der Waals surface area (Å²) in [6.07, 6.45) is 0. The van der Waals surface area contributed by atoms with Gasteiger partial charge in [0.1, 0.15) is 11.6 Å². The summed E-state index contributed by atoms with van der Waals surface area (Å²) in [5, 5.41) is 8.68. The molecule has 1 aromatic carbocycles. The van der Waals surface area contributed by atoms with E-state index in [4.69, 9.17) is 9.84 Å². The Morgan fingerprint density at radius 2 is 2.21 bits per heavy atom. The van der Waals surface area contributed by atoms with Crippen molar-refractivity contribution in [1.29, 1.82) is 0 Å². The number of hydrogen-bond acceptors (Lipinski definition) is 2. The number of carboxylic acid groups (broad SMARTS) is 1. The first-order chi connectivity index (χ1) is 6.56. The molecule has 0 atom stereocenters. The van der Waals surface area contributed by atoms with Crippen molar-refractivity contribution in [3.63, 3.8) is 0 Å². The van der Waals surface area contributed by atoms with Crippen LogP contribution in [0.3, 0.4) is 0 Å². The van der Waals surface area contributed by atoms with Gasteiger partial charge in [0.05, 0.1) is 12.7 Å². The van der Waals surface area contributed by atoms with Crippen LogP contribution in [-0.4, -0.2) is 18.2 Å². The van der Waals surface area contributed by atoms with Crippen LogP contribution in [-0.2, 0) is 4.79 Å². The molecule has 1 rings (SSSR count). The zero-order valence-electron chi connectivity index (χ0n) is 7.58. The van der Waals surface area contributed by atoms with Gasteiger partial charge in [0.2, 0.25) is 0 Å². The summed E-state index contributed by atoms with van der Waals surface area (Å²) < 4.78 is 17.6. The molecule has 0 spiro atoms. The van der Waals surface area contributed by atoms with Crippen molar-refractivity contribution in [1.82, 2.24) is 0 Å². The molecule has 0 heterocycles. The van der Waals surface area contributed by atoms with Gasteiger partial charge in [0, 0.05) is 11.6 Å². The lowest BCUT2D eigenvalue weighted by Crippen LogP contribution is -2.00. The Bertz CT molecular complexity index is 385. The maximum atomic E-state index is 12.7. The second-order valence-corrected chi connectivity index (χ2v) is 2.63. The molecule has 0 saturated heterocycles. The molecule has 1 aromatic rings. The fourth-order valence-electron chi connectivity index (χ4n) is 1.03. The molecule has 0 amide bonds. The normalized spacial score (nSPS) is 9.57. The minimum atomic E-state index is -1.16. The second-order valence-electron chi connectivity index (χ2n) is 2.63. The average Bonchev–Trinajstić information content (AvgIpc) is 2.16. The monoisotopic (exact) mass is 196 g/mol. The van der Waals surface area contributed by atoms with Crippen molar-refractivity contribution in [3.05, 3.63) is 36.2 Å². The van der Waals surface area contributed by atoms with E-state index in [0.29, 0.717) is 0 Å². The van der Waals surface area contributed by atoms with Gasteiger partial charge in [0.15, 0.2) is 0 Å². The van der Waals surface area contributed by atoms with Crippen LogP contribution >= 0.6 is 0 Å². The third kappa shape index (κ3) is 1.90. The molecule has 4 heteroatoms. The van der Waals surface area contributed by atoms with Crippen molar-refractivity contribution >= 4 is 11.5 Å². The van der Waals surface area contributed by atoms with Crippen molar-refractivity contribution in [3.8, 4) is 5.75 Å². The van der Waals surface area contributed by atoms with E-state index in [-0.39, 0.29) is 16.9 Å². The van der Waals surface area contributed by atoms with E-state index in [2.05, 4.69) is 6.58 Å². The van der Waals surface area contributed by atoms with E-state index in [1.54, 1.807) is 0 Å². The van der Waals surface area contributed by atoms with Crippen LogP contribution in [0.25, 0.3) is 5.57 Å². The highest BCUT2D eigenvalue weighted by Gasteiger charge is 2.13. The third-order valence-electron chi connectivity index (χ3n) is 1.75. The maximum absolute atomic E-state index is 12.7. The molecule has 0 fully saturated rings. The molecule has 1 N–H and O–H groups in total. The van der Waals surface area contributed by atoms with Crippen molar-refractivity contribution in [2.45, 2.75) is 0 Å². The van der Waals surface area contributed by atoms with E-state index in [0.717, 1.165) is 12.1 Å². The van der Waals surface area contributed by atoms with E-state index in [9.17, 15) is 9.18 Å². The zero-order chi connectivity index (χ0) is 10.7. The first-order valence-corrected chi connectivity index (χ1v) is 3.82. The molecule has 0 aliphatic heterocycles. The number of carboxylic acids is 1. The van der Waals surface area contributed by atoms with E-state index in [1.165, 1.54) is 13.2 Å². The Morgan fingerprint density at radius 3 is 2.71 bits per heavy atom. The summed E-state index contributed by atoms with van der Waals surface area (Å²) in [4.78, 5) is 10.6. The predicted molar refractivity (Wildman–Crippen MR) is 49.6 cm³/mol. The molecular formula is C10H9FO3. The summed E-state index contributed by atoms with van der Waals surface area (Å²) in [6.45, 7) is 3.36. The predicted octanol–water partition coefficient (Wildman–Crippen LogP) is 1.93. The van der Waals surface area contributed by atoms with Crippen LogP contribution in [0.4, 0.5) is 4.39 Å². The first kappa shape index (κ1) is 10.2. The number of carbonyl (C=O) groups is 1. The van der Waals surface area contributed by atoms with Crippen molar-refractivity contribution < 1.29 is 19.0 Å². The number of hydrogen-bond donors (Lipinski definition) is 1. The lowest BCUT2D eigenvalue weighted by molar-refractivity contribution is -0.130. The van der Waals surface area contributed by atoms with E-state index >= 15 is 0 Å². The topological polar surface area (TPSA) is 46.5 Å². The molecule has 74 valence electrons. The third-order valence-corrected chi connectivity index (χ3v) is 1.75. The summed E-state index contributed by atoms with van der Waals surface area (Å²) in [5.74, 6) is -1.48. The van der Waals surface area contributed by atoms with Gasteiger partial charge in [0.25, 0.3) is 0 Å². The highest BCUT2D eigenvalue weighted by molar-refractivity contribution is 6.15. The van der Waals surface area contributed by atoms with Crippen LogP contribution in [0.2, 0.25) is 0 Å². The molecule has 0 saturated carbocycles. The Kier molecular flexibility index (Phi) is 2.86. The minimum Gasteiger partial charge on any atom is -0.496 e. The number of rotatable bonds is 3. The number of aliphatic carboxylic acids is 1. The minimum absolute atomic E-state index is 0.123. The van der Waals surface area contributed by atoms with Gasteiger partial charge in [-0.3, -0.25) is 0 Å². The Morgan fingerprint density at radius 1 is 1.57 bits per heavy atom. The zero-order valence-corrected chi connectivity index (χ0v) is 7.58. The molecule has 14 heavy (non-hydrogen) atoms. The van der Waals surface area contributed by atoms with Gasteiger partial charge in [-0.05, 0) is 12.1 Å². The largest absolute Gasteiger partial charge is 0.496 e. The molecule has 0 aromatic heterocycles. The van der Waals surface area contributed by atoms with E-state index in [1.807, 2.05) is 0 Å². The Labute approximate surface area is 80.4 Å². The highest BCUT2D eigenvalue weighted by Crippen LogP contribution is 2.25. The molecule has 0 unspecified atom stereocenters. The lowest BCUT2D eigenvalue weighted by atomic mass is 10.1. The van der Waals surface area contributed by atoms with Gasteiger partial charge in [-0.25, -0.2) is 9.18 Å². The molecule has 3 nitrogen and oxygen atoms in total. The molecule has 0 aliphatic carbocycles. The summed E-state index contributed by atoms with van der Waals surface area (Å²) in [7, 11) is 1.34. The van der Waals surface area contributed by atoms with Gasteiger partial charge in [-0.2, -0.15) is 0 Å². The maximum Gasteiger partial charge on any atom is 0.335 e. The Balaban J connectivity index is 3.20. The SMILES string of the molecule is C=C(C(=O)O)c1ccc(F)cc1OC. The summed E-state index contributed by atoms with van der Waals surface area (Å²) >= 11 is 0. The number of benzene rings is 1. The number of methoxy groups -OCH3 is 1. The van der Waals surface area contributed by atoms with Crippen LogP contribution < -0.4 is 4.74 Å². The second kappa shape index (κ2) is 3.91. The van der Waals surface area contributed by atoms with Crippen molar-refractivity contribution in [2.75, 3.05) is 7.11 Å². The summed E-state index contributed by atoms with van der Waals surface area (Å²) in [5.41, 5.74) is 0.156.